The zero-order valence-electron chi connectivity index (χ0n) is 13.9. The number of hydrogen-bond donors (Lipinski definition) is 2. The number of nitrogens with one attached hydrogen (secondary N) is 1. The average Bonchev–Trinajstić information content (AvgIpc) is 2.64. The Hall–Kier alpha value is -2.02. The van der Waals surface area contributed by atoms with Gasteiger partial charge in [0.2, 0.25) is 0 Å². The molecule has 0 aliphatic carbocycles. The summed E-state index contributed by atoms with van der Waals surface area (Å²) in [7, 11) is 0. The first-order valence-electron chi connectivity index (χ1n) is 8.36. The highest BCUT2D eigenvalue weighted by atomic mass is 19.3. The van der Waals surface area contributed by atoms with Gasteiger partial charge >= 0.3 is 0 Å². The van der Waals surface area contributed by atoms with E-state index in [0.29, 0.717) is 43.2 Å². The number of aliphatic hydroxyl groups excluding tert-OH is 1. The Bertz CT molecular complexity index is 676. The number of halogens is 2. The van der Waals surface area contributed by atoms with E-state index >= 15 is 0 Å². The van der Waals surface area contributed by atoms with Gasteiger partial charge < -0.3 is 15.2 Å². The van der Waals surface area contributed by atoms with Crippen LogP contribution in [0.25, 0.3) is 0 Å². The Morgan fingerprint density at radius 3 is 2.40 bits per heavy atom. The number of piperazine rings is 1. The van der Waals surface area contributed by atoms with Crippen LogP contribution in [0.15, 0.2) is 54.6 Å². The summed E-state index contributed by atoms with van der Waals surface area (Å²) < 4.78 is 34.8. The van der Waals surface area contributed by atoms with Gasteiger partial charge in [0.25, 0.3) is 5.92 Å². The second kappa shape index (κ2) is 7.91. The van der Waals surface area contributed by atoms with Gasteiger partial charge in [-0.2, -0.15) is 0 Å². The van der Waals surface area contributed by atoms with E-state index in [0.717, 1.165) is 0 Å². The number of nitrogens with zero attached hydrogens (tertiary/aromatic N) is 1. The Kier molecular flexibility index (Phi) is 5.63. The van der Waals surface area contributed by atoms with Crippen molar-refractivity contribution in [2.45, 2.75) is 12.0 Å². The molecule has 0 aromatic heterocycles. The molecular formula is C19H22F2N2O2. The molecule has 0 saturated carbocycles. The van der Waals surface area contributed by atoms with Gasteiger partial charge in [-0.25, -0.2) is 8.78 Å². The molecular weight excluding hydrogens is 326 g/mol. The average molecular weight is 348 g/mol. The van der Waals surface area contributed by atoms with E-state index in [1.807, 2.05) is 30.3 Å². The van der Waals surface area contributed by atoms with Gasteiger partial charge in [0.05, 0.1) is 0 Å². The molecule has 0 amide bonds. The highest BCUT2D eigenvalue weighted by Crippen LogP contribution is 2.38. The fraction of sp³-hybridized carbons (Fsp3) is 0.368. The molecule has 3 rings (SSSR count). The molecule has 1 heterocycles. The molecule has 1 aliphatic rings. The Morgan fingerprint density at radius 1 is 1.04 bits per heavy atom. The SMILES string of the molecule is OCC(F)(F)[C@@H](c1cccc(Oc2ccccc2)c1)N1CCNCC1. The van der Waals surface area contributed by atoms with Crippen LogP contribution < -0.4 is 10.1 Å². The van der Waals surface area contributed by atoms with E-state index in [1.54, 1.807) is 29.2 Å². The summed E-state index contributed by atoms with van der Waals surface area (Å²) in [4.78, 5) is 1.72. The summed E-state index contributed by atoms with van der Waals surface area (Å²) in [6.07, 6.45) is 0. The molecule has 1 atom stereocenters. The van der Waals surface area contributed by atoms with E-state index < -0.39 is 18.6 Å². The molecule has 0 bridgehead atoms. The number of benzene rings is 2. The van der Waals surface area contributed by atoms with Crippen molar-refractivity contribution in [2.24, 2.45) is 0 Å². The van der Waals surface area contributed by atoms with Crippen LogP contribution in [0.4, 0.5) is 8.78 Å². The number of ether oxygens (including phenoxy) is 1. The molecule has 2 N–H and O–H groups in total. The standard InChI is InChI=1S/C19H22F2N2O2/c20-19(21,14-24)18(23-11-9-22-10-12-23)15-5-4-8-17(13-15)25-16-6-2-1-3-7-16/h1-8,13,18,22,24H,9-12,14H2/t18-/m1/s1. The molecule has 134 valence electrons. The molecule has 0 spiro atoms. The third kappa shape index (κ3) is 4.34. The minimum absolute atomic E-state index is 0.439. The van der Waals surface area contributed by atoms with E-state index in [4.69, 9.17) is 4.74 Å². The molecule has 2 aromatic carbocycles. The number of rotatable bonds is 6. The van der Waals surface area contributed by atoms with Gasteiger partial charge in [-0.1, -0.05) is 30.3 Å². The van der Waals surface area contributed by atoms with Gasteiger partial charge in [0.15, 0.2) is 0 Å². The minimum Gasteiger partial charge on any atom is -0.457 e. The predicted octanol–water partition coefficient (Wildman–Crippen LogP) is 3.05. The van der Waals surface area contributed by atoms with Crippen LogP contribution in [-0.2, 0) is 0 Å². The van der Waals surface area contributed by atoms with E-state index in [9.17, 15) is 13.9 Å². The van der Waals surface area contributed by atoms with E-state index in [1.165, 1.54) is 0 Å². The maximum absolute atomic E-state index is 14.5. The molecule has 1 fully saturated rings. The van der Waals surface area contributed by atoms with Gasteiger partial charge in [0, 0.05) is 26.2 Å². The van der Waals surface area contributed by atoms with Gasteiger partial charge in [0.1, 0.15) is 24.1 Å². The topological polar surface area (TPSA) is 44.7 Å². The van der Waals surface area contributed by atoms with Gasteiger partial charge in [-0.3, -0.25) is 4.90 Å². The lowest BCUT2D eigenvalue weighted by molar-refractivity contribution is -0.118. The van der Waals surface area contributed by atoms with Crippen molar-refractivity contribution in [3.8, 4) is 11.5 Å². The zero-order valence-corrected chi connectivity index (χ0v) is 13.9. The van der Waals surface area contributed by atoms with Crippen LogP contribution in [0, 0.1) is 0 Å². The van der Waals surface area contributed by atoms with Crippen LogP contribution in [0.5, 0.6) is 11.5 Å². The van der Waals surface area contributed by atoms with Crippen molar-refractivity contribution in [1.82, 2.24) is 10.2 Å². The first-order valence-corrected chi connectivity index (χ1v) is 8.36. The van der Waals surface area contributed by atoms with Crippen molar-refractivity contribution in [3.05, 3.63) is 60.2 Å². The van der Waals surface area contributed by atoms with Gasteiger partial charge in [-0.15, -0.1) is 0 Å². The van der Waals surface area contributed by atoms with E-state index in [2.05, 4.69) is 5.32 Å². The number of para-hydroxylation sites is 1. The molecule has 4 nitrogen and oxygen atoms in total. The fourth-order valence-corrected chi connectivity index (χ4v) is 3.12. The van der Waals surface area contributed by atoms with Crippen LogP contribution in [-0.4, -0.2) is 48.7 Å². The second-order valence-electron chi connectivity index (χ2n) is 6.10. The van der Waals surface area contributed by atoms with Crippen LogP contribution >= 0.6 is 0 Å². The predicted molar refractivity (Wildman–Crippen MR) is 92.2 cm³/mol. The maximum atomic E-state index is 14.5. The largest absolute Gasteiger partial charge is 0.457 e. The fourth-order valence-electron chi connectivity index (χ4n) is 3.12. The second-order valence-corrected chi connectivity index (χ2v) is 6.10. The molecule has 2 aromatic rings. The highest BCUT2D eigenvalue weighted by molar-refractivity contribution is 5.36. The molecule has 1 saturated heterocycles. The molecule has 25 heavy (non-hydrogen) atoms. The summed E-state index contributed by atoms with van der Waals surface area (Å²) in [6, 6.07) is 14.7. The number of aliphatic hydroxyl groups is 1. The van der Waals surface area contributed by atoms with Crippen LogP contribution in [0.3, 0.4) is 0 Å². The summed E-state index contributed by atoms with van der Waals surface area (Å²) in [5.41, 5.74) is 0.439. The normalized spacial score (nSPS) is 17.2. The van der Waals surface area contributed by atoms with E-state index in [-0.39, 0.29) is 0 Å². The Morgan fingerprint density at radius 2 is 1.72 bits per heavy atom. The highest BCUT2D eigenvalue weighted by Gasteiger charge is 2.44. The van der Waals surface area contributed by atoms with Crippen molar-refractivity contribution in [1.29, 1.82) is 0 Å². The summed E-state index contributed by atoms with van der Waals surface area (Å²) >= 11 is 0. The monoisotopic (exact) mass is 348 g/mol. The number of hydrogen-bond acceptors (Lipinski definition) is 4. The lowest BCUT2D eigenvalue weighted by Crippen LogP contribution is -2.51. The molecule has 0 radical (unpaired) electrons. The first-order chi connectivity index (χ1) is 12.1. The maximum Gasteiger partial charge on any atom is 0.289 e. The third-order valence-electron chi connectivity index (χ3n) is 4.28. The van der Waals surface area contributed by atoms with Crippen molar-refractivity contribution in [2.75, 3.05) is 32.8 Å². The van der Waals surface area contributed by atoms with Crippen LogP contribution in [0.1, 0.15) is 11.6 Å². The number of alkyl halides is 2. The Labute approximate surface area is 146 Å². The van der Waals surface area contributed by atoms with Crippen LogP contribution in [0.2, 0.25) is 0 Å². The quantitative estimate of drug-likeness (QED) is 0.842. The summed E-state index contributed by atoms with van der Waals surface area (Å²) in [6.45, 7) is 1.12. The lowest BCUT2D eigenvalue weighted by atomic mass is 9.98. The Balaban J connectivity index is 1.88. The molecule has 6 heteroatoms. The third-order valence-corrected chi connectivity index (χ3v) is 4.28. The summed E-state index contributed by atoms with van der Waals surface area (Å²) in [5.74, 6) is -2.09. The van der Waals surface area contributed by atoms with Gasteiger partial charge in [-0.05, 0) is 29.8 Å². The smallest absolute Gasteiger partial charge is 0.289 e. The van der Waals surface area contributed by atoms with Crippen molar-refractivity contribution in [3.63, 3.8) is 0 Å². The van der Waals surface area contributed by atoms with Crippen molar-refractivity contribution >= 4 is 0 Å². The summed E-state index contributed by atoms with van der Waals surface area (Å²) in [5, 5.41) is 12.4. The lowest BCUT2D eigenvalue weighted by Gasteiger charge is -2.38. The van der Waals surface area contributed by atoms with Crippen molar-refractivity contribution < 1.29 is 18.6 Å². The first kappa shape index (κ1) is 17.8. The molecule has 1 aliphatic heterocycles. The zero-order chi connectivity index (χ0) is 17.7. The molecule has 0 unspecified atom stereocenters. The minimum atomic E-state index is -3.23.